The molecule has 12 nitrogen and oxygen atoms in total. The van der Waals surface area contributed by atoms with Gasteiger partial charge in [-0.05, 0) is 92.8 Å². The molecule has 0 radical (unpaired) electrons. The molecule has 3 aliphatic rings. The Morgan fingerprint density at radius 2 is 1.80 bits per heavy atom. The number of carbonyl (C=O) groups excluding carboxylic acids is 2. The number of allylic oxidation sites excluding steroid dienone is 1. The number of hydrogen-bond donors (Lipinski definition) is 2. The number of hydrogen-bond acceptors (Lipinski definition) is 11. The third-order valence-corrected chi connectivity index (χ3v) is 10.8. The van der Waals surface area contributed by atoms with E-state index in [2.05, 4.69) is 17.8 Å². The van der Waals surface area contributed by atoms with Gasteiger partial charge in [-0.1, -0.05) is 37.1 Å². The standard InChI is InChI=1S/C42H56N2O10/c1-6-19-44(41(48)51-8-3)38-26-35(43-50-5)33-24-28(13-9-11-20-45)32(14-10-12-21-46)39-34-25-31(53-30-15-17-36(49-4)29(23-30)27-47)16-18-37(34)54-42(38,40(33)39)52-22-7-2/h7,15-18,23-25,27-28,32,38-40,45-46H,2,6,8-14,19-22,26H2,1,3-5H3. The number of fused-ring (bicyclic) bond motifs is 2. The summed E-state index contributed by atoms with van der Waals surface area (Å²) in [5.74, 6) is 0.206. The van der Waals surface area contributed by atoms with Crippen molar-refractivity contribution in [2.45, 2.75) is 83.0 Å². The van der Waals surface area contributed by atoms with E-state index in [1.165, 1.54) is 14.2 Å². The van der Waals surface area contributed by atoms with Crippen molar-refractivity contribution in [2.75, 3.05) is 47.2 Å². The van der Waals surface area contributed by atoms with Crippen molar-refractivity contribution in [1.29, 1.82) is 0 Å². The number of rotatable bonds is 20. The molecule has 54 heavy (non-hydrogen) atoms. The maximum Gasteiger partial charge on any atom is 0.410 e. The molecule has 5 rings (SSSR count). The molecule has 1 saturated carbocycles. The molecule has 1 fully saturated rings. The normalized spacial score (nSPS) is 24.7. The van der Waals surface area contributed by atoms with E-state index in [1.54, 1.807) is 36.1 Å². The zero-order valence-corrected chi connectivity index (χ0v) is 32.0. The van der Waals surface area contributed by atoms with E-state index in [0.717, 1.165) is 43.1 Å². The summed E-state index contributed by atoms with van der Waals surface area (Å²) in [4.78, 5) is 32.9. The lowest BCUT2D eigenvalue weighted by Gasteiger charge is -2.59. The van der Waals surface area contributed by atoms with E-state index in [4.69, 9.17) is 28.5 Å². The summed E-state index contributed by atoms with van der Waals surface area (Å²) in [6.45, 7) is 8.73. The molecule has 1 heterocycles. The van der Waals surface area contributed by atoms with Crippen molar-refractivity contribution in [3.63, 3.8) is 0 Å². The highest BCUT2D eigenvalue weighted by atomic mass is 16.7. The predicted octanol–water partition coefficient (Wildman–Crippen LogP) is 7.43. The minimum atomic E-state index is -1.37. The minimum absolute atomic E-state index is 0.0565. The first-order valence-corrected chi connectivity index (χ1v) is 19.2. The molecule has 0 aromatic heterocycles. The molecule has 294 valence electrons. The van der Waals surface area contributed by atoms with Crippen molar-refractivity contribution < 1.29 is 48.3 Å². The maximum atomic E-state index is 13.8. The summed E-state index contributed by atoms with van der Waals surface area (Å²) in [5.41, 5.74) is 2.94. The average molecular weight is 749 g/mol. The largest absolute Gasteiger partial charge is 0.496 e. The molecule has 0 saturated heterocycles. The molecule has 1 aliphatic heterocycles. The Labute approximate surface area is 318 Å². The van der Waals surface area contributed by atoms with Gasteiger partial charge in [-0.2, -0.15) is 0 Å². The Kier molecular flexibility index (Phi) is 14.6. The summed E-state index contributed by atoms with van der Waals surface area (Å²) in [6, 6.07) is 10.2. The van der Waals surface area contributed by atoms with Gasteiger partial charge in [-0.3, -0.25) is 9.69 Å². The molecule has 2 aromatic carbocycles. The van der Waals surface area contributed by atoms with Crippen molar-refractivity contribution >= 4 is 18.1 Å². The van der Waals surface area contributed by atoms with E-state index in [0.29, 0.717) is 66.5 Å². The second-order valence-corrected chi connectivity index (χ2v) is 14.0. The summed E-state index contributed by atoms with van der Waals surface area (Å²) in [7, 11) is 3.04. The molecular formula is C42H56N2O10. The number of unbranched alkanes of at least 4 members (excludes halogenated alkanes) is 2. The van der Waals surface area contributed by atoms with Gasteiger partial charge >= 0.3 is 6.09 Å². The van der Waals surface area contributed by atoms with Crippen molar-refractivity contribution in [3.8, 4) is 23.0 Å². The first kappa shape index (κ1) is 40.8. The van der Waals surface area contributed by atoms with Crippen LogP contribution in [-0.2, 0) is 14.3 Å². The summed E-state index contributed by atoms with van der Waals surface area (Å²) >= 11 is 0. The molecule has 2 aromatic rings. The minimum Gasteiger partial charge on any atom is -0.496 e. The fraction of sp³-hybridized carbons (Fsp3) is 0.548. The second-order valence-electron chi connectivity index (χ2n) is 14.0. The van der Waals surface area contributed by atoms with Gasteiger partial charge < -0.3 is 38.7 Å². The van der Waals surface area contributed by atoms with Crippen LogP contribution in [0.1, 0.15) is 87.1 Å². The molecule has 1 amide bonds. The fourth-order valence-electron chi connectivity index (χ4n) is 8.65. The van der Waals surface area contributed by atoms with Crippen LogP contribution in [0, 0.1) is 17.8 Å². The number of aliphatic hydroxyl groups excluding tert-OH is 2. The number of aliphatic hydroxyl groups is 2. The molecule has 2 aliphatic carbocycles. The molecule has 6 atom stereocenters. The van der Waals surface area contributed by atoms with E-state index in [-0.39, 0.29) is 44.2 Å². The number of aldehydes is 1. The number of ether oxygens (including phenoxy) is 5. The van der Waals surface area contributed by atoms with Gasteiger partial charge in [0.15, 0.2) is 6.29 Å². The van der Waals surface area contributed by atoms with E-state index < -0.39 is 23.8 Å². The van der Waals surface area contributed by atoms with Gasteiger partial charge in [-0.15, -0.1) is 6.58 Å². The topological polar surface area (TPSA) is 146 Å². The van der Waals surface area contributed by atoms with Crippen molar-refractivity contribution in [3.05, 3.63) is 71.8 Å². The van der Waals surface area contributed by atoms with Crippen LogP contribution in [0.3, 0.4) is 0 Å². The summed E-state index contributed by atoms with van der Waals surface area (Å²) in [6.07, 6.45) is 9.81. The van der Waals surface area contributed by atoms with E-state index >= 15 is 0 Å². The Balaban J connectivity index is 1.76. The fourth-order valence-corrected chi connectivity index (χ4v) is 8.65. The number of methoxy groups -OCH3 is 1. The van der Waals surface area contributed by atoms with Crippen molar-refractivity contribution in [2.24, 2.45) is 22.9 Å². The highest BCUT2D eigenvalue weighted by molar-refractivity contribution is 6.03. The smallest absolute Gasteiger partial charge is 0.410 e. The third kappa shape index (κ3) is 8.45. The van der Waals surface area contributed by atoms with Crippen LogP contribution < -0.4 is 14.2 Å². The summed E-state index contributed by atoms with van der Waals surface area (Å²) < 4.78 is 31.5. The lowest BCUT2D eigenvalue weighted by atomic mass is 9.55. The molecule has 0 bridgehead atoms. The average Bonchev–Trinajstić information content (AvgIpc) is 3.18. The van der Waals surface area contributed by atoms with Crippen LogP contribution in [-0.4, -0.2) is 92.2 Å². The monoisotopic (exact) mass is 748 g/mol. The van der Waals surface area contributed by atoms with Crippen LogP contribution in [0.25, 0.3) is 0 Å². The van der Waals surface area contributed by atoms with Crippen LogP contribution >= 0.6 is 0 Å². The van der Waals surface area contributed by atoms with Crippen LogP contribution in [0.2, 0.25) is 0 Å². The van der Waals surface area contributed by atoms with Crippen molar-refractivity contribution in [1.82, 2.24) is 4.90 Å². The Morgan fingerprint density at radius 3 is 2.46 bits per heavy atom. The van der Waals surface area contributed by atoms with E-state index in [9.17, 15) is 19.8 Å². The number of amides is 1. The zero-order chi connectivity index (χ0) is 38.7. The second kappa shape index (κ2) is 19.3. The van der Waals surface area contributed by atoms with E-state index in [1.807, 2.05) is 25.1 Å². The van der Waals surface area contributed by atoms with Gasteiger partial charge in [0.2, 0.25) is 5.79 Å². The first-order valence-electron chi connectivity index (χ1n) is 19.2. The predicted molar refractivity (Wildman–Crippen MR) is 204 cm³/mol. The highest BCUT2D eigenvalue weighted by Gasteiger charge is 2.65. The van der Waals surface area contributed by atoms with Gasteiger partial charge in [0.25, 0.3) is 0 Å². The van der Waals surface area contributed by atoms with Gasteiger partial charge in [0.05, 0.1) is 37.5 Å². The lowest BCUT2D eigenvalue weighted by molar-refractivity contribution is -0.255. The Morgan fingerprint density at radius 1 is 1.06 bits per heavy atom. The van der Waals surface area contributed by atoms with Crippen LogP contribution in [0.4, 0.5) is 4.79 Å². The molecule has 12 heteroatoms. The number of carbonyl (C=O) groups is 2. The number of oxime groups is 1. The number of nitrogens with zero attached hydrogens (tertiary/aromatic N) is 2. The summed E-state index contributed by atoms with van der Waals surface area (Å²) in [5, 5.41) is 24.2. The zero-order valence-electron chi connectivity index (χ0n) is 32.0. The Bertz CT molecular complexity index is 1660. The molecule has 2 N–H and O–H groups in total. The SMILES string of the molecule is C=CCOC12Oc3ccc(Oc4ccc(OC)c(C=O)c4)cc3C3C(CCCCO)C(CCCCO)C=C(C(=NOC)CC1N(CCC)C(=O)OCC)C32. The first-order chi connectivity index (χ1) is 26.3. The van der Waals surface area contributed by atoms with Gasteiger partial charge in [-0.25, -0.2) is 4.79 Å². The number of benzene rings is 2. The maximum absolute atomic E-state index is 13.8. The third-order valence-electron chi connectivity index (χ3n) is 10.8. The quantitative estimate of drug-likeness (QED) is 0.0607. The molecule has 6 unspecified atom stereocenters. The van der Waals surface area contributed by atoms with Gasteiger partial charge in [0, 0.05) is 37.7 Å². The van der Waals surface area contributed by atoms with Gasteiger partial charge in [0.1, 0.15) is 36.1 Å². The Hall–Kier alpha value is -4.39. The lowest BCUT2D eigenvalue weighted by Crippen LogP contribution is -2.70. The van der Waals surface area contributed by atoms with Crippen LogP contribution in [0.15, 0.2) is 65.9 Å². The van der Waals surface area contributed by atoms with Crippen LogP contribution in [0.5, 0.6) is 23.0 Å². The highest BCUT2D eigenvalue weighted by Crippen LogP contribution is 2.62. The molecule has 0 spiro atoms. The molecular weight excluding hydrogens is 692 g/mol.